The normalized spacial score (nSPS) is 11.0. The quantitative estimate of drug-likeness (QED) is 0.628. The van der Waals surface area contributed by atoms with Gasteiger partial charge in [-0.3, -0.25) is 4.98 Å². The maximum absolute atomic E-state index is 5.97. The minimum atomic E-state index is 0.783. The van der Waals surface area contributed by atoms with Gasteiger partial charge in [-0.2, -0.15) is 0 Å². The van der Waals surface area contributed by atoms with E-state index in [1.807, 2.05) is 24.4 Å². The van der Waals surface area contributed by atoms with E-state index in [-0.39, 0.29) is 0 Å². The summed E-state index contributed by atoms with van der Waals surface area (Å²) in [6.45, 7) is 1.67. The van der Waals surface area contributed by atoms with Crippen LogP contribution in [0.3, 0.4) is 0 Å². The van der Waals surface area contributed by atoms with Gasteiger partial charge in [0.2, 0.25) is 0 Å². The third-order valence-corrected chi connectivity index (χ3v) is 4.57. The number of hydrogen-bond acceptors (Lipinski definition) is 2. The molecular weight excluding hydrogens is 395 g/mol. The number of fused-ring (bicyclic) bond motifs is 1. The third kappa shape index (κ3) is 3.73. The summed E-state index contributed by atoms with van der Waals surface area (Å²) in [7, 11) is 0. The first-order valence-corrected chi connectivity index (χ1v) is 8.16. The largest absolute Gasteiger partial charge is 0.309 e. The van der Waals surface area contributed by atoms with E-state index in [0.717, 1.165) is 23.6 Å². The summed E-state index contributed by atoms with van der Waals surface area (Å²) in [5.74, 6) is 0. The van der Waals surface area contributed by atoms with Crippen LogP contribution in [0.4, 0.5) is 0 Å². The Morgan fingerprint density at radius 2 is 1.95 bits per heavy atom. The molecule has 1 aromatic heterocycles. The highest BCUT2D eigenvalue weighted by molar-refractivity contribution is 14.1. The lowest BCUT2D eigenvalue weighted by Gasteiger charge is -2.08. The van der Waals surface area contributed by atoms with E-state index in [4.69, 9.17) is 11.6 Å². The molecule has 1 heterocycles. The van der Waals surface area contributed by atoms with Crippen LogP contribution in [0.25, 0.3) is 10.9 Å². The number of nitrogens with zero attached hydrogens (tertiary/aromatic N) is 1. The molecule has 3 aromatic rings. The molecule has 0 aliphatic carbocycles. The average molecular weight is 409 g/mol. The maximum Gasteiger partial charge on any atom is 0.0702 e. The summed E-state index contributed by atoms with van der Waals surface area (Å²) >= 11 is 8.29. The lowest BCUT2D eigenvalue weighted by atomic mass is 10.1. The number of rotatable bonds is 4. The van der Waals surface area contributed by atoms with Gasteiger partial charge >= 0.3 is 0 Å². The average Bonchev–Trinajstić information content (AvgIpc) is 2.49. The maximum atomic E-state index is 5.97. The van der Waals surface area contributed by atoms with Crippen LogP contribution in [0.1, 0.15) is 11.1 Å². The topological polar surface area (TPSA) is 24.9 Å². The molecule has 4 heteroatoms. The molecule has 3 rings (SSSR count). The molecule has 0 unspecified atom stereocenters. The third-order valence-electron chi connectivity index (χ3n) is 3.33. The summed E-state index contributed by atoms with van der Waals surface area (Å²) in [6.07, 6.45) is 1.82. The Labute approximate surface area is 142 Å². The zero-order valence-corrected chi connectivity index (χ0v) is 14.2. The van der Waals surface area contributed by atoms with Crippen molar-refractivity contribution >= 4 is 45.1 Å². The van der Waals surface area contributed by atoms with E-state index in [2.05, 4.69) is 63.2 Å². The Hall–Kier alpha value is -1.17. The number of aromatic nitrogens is 1. The van der Waals surface area contributed by atoms with Crippen LogP contribution in [-0.2, 0) is 13.1 Å². The molecule has 0 amide bonds. The van der Waals surface area contributed by atoms with Crippen LogP contribution >= 0.6 is 34.2 Å². The molecule has 1 N–H and O–H groups in total. The molecule has 0 atom stereocenters. The SMILES string of the molecule is Clc1ccc(CNCc2ccc3ncccc3c2)c(I)c1. The second-order valence-electron chi connectivity index (χ2n) is 4.87. The van der Waals surface area contributed by atoms with Gasteiger partial charge in [0.15, 0.2) is 0 Å². The summed E-state index contributed by atoms with van der Waals surface area (Å²) < 4.78 is 1.19. The van der Waals surface area contributed by atoms with Crippen LogP contribution in [0.5, 0.6) is 0 Å². The van der Waals surface area contributed by atoms with Crippen LogP contribution in [-0.4, -0.2) is 4.98 Å². The lowest BCUT2D eigenvalue weighted by Crippen LogP contribution is -2.13. The van der Waals surface area contributed by atoms with Gasteiger partial charge in [-0.05, 0) is 64.0 Å². The van der Waals surface area contributed by atoms with Crippen LogP contribution < -0.4 is 5.32 Å². The van der Waals surface area contributed by atoms with Crippen molar-refractivity contribution in [2.75, 3.05) is 0 Å². The highest BCUT2D eigenvalue weighted by Crippen LogP contribution is 2.18. The molecule has 0 aliphatic rings. The molecular formula is C17H14ClIN2. The molecule has 0 saturated carbocycles. The first-order chi connectivity index (χ1) is 10.2. The predicted octanol–water partition coefficient (Wildman–Crippen LogP) is 4.78. The first kappa shape index (κ1) is 14.8. The van der Waals surface area contributed by atoms with Gasteiger partial charge in [0, 0.05) is 33.3 Å². The summed E-state index contributed by atoms with van der Waals surface area (Å²) in [6, 6.07) is 16.4. The number of halogens is 2. The van der Waals surface area contributed by atoms with Crippen LogP contribution in [0.15, 0.2) is 54.7 Å². The highest BCUT2D eigenvalue weighted by Gasteiger charge is 2.01. The fraction of sp³-hybridized carbons (Fsp3) is 0.118. The Balaban J connectivity index is 1.66. The molecule has 0 aliphatic heterocycles. The number of hydrogen-bond donors (Lipinski definition) is 1. The Kier molecular flexibility index (Phi) is 4.73. The van der Waals surface area contributed by atoms with Gasteiger partial charge in [0.25, 0.3) is 0 Å². The monoisotopic (exact) mass is 408 g/mol. The van der Waals surface area contributed by atoms with E-state index in [0.29, 0.717) is 0 Å². The van der Waals surface area contributed by atoms with Gasteiger partial charge in [0.05, 0.1) is 5.52 Å². The first-order valence-electron chi connectivity index (χ1n) is 6.71. The van der Waals surface area contributed by atoms with Crippen molar-refractivity contribution < 1.29 is 0 Å². The Morgan fingerprint density at radius 1 is 1.05 bits per heavy atom. The van der Waals surface area contributed by atoms with Gasteiger partial charge in [-0.1, -0.05) is 29.8 Å². The standard InChI is InChI=1S/C17H14ClIN2/c18-15-5-4-14(16(19)9-15)11-20-10-12-3-6-17-13(8-12)2-1-7-21-17/h1-9,20H,10-11H2. The van der Waals surface area contributed by atoms with Crippen molar-refractivity contribution in [3.8, 4) is 0 Å². The summed E-state index contributed by atoms with van der Waals surface area (Å²) in [5.41, 5.74) is 3.57. The smallest absolute Gasteiger partial charge is 0.0702 e. The van der Waals surface area contributed by atoms with Gasteiger partial charge in [-0.25, -0.2) is 0 Å². The predicted molar refractivity (Wildman–Crippen MR) is 96.5 cm³/mol. The molecule has 0 radical (unpaired) electrons. The number of pyridine rings is 1. The van der Waals surface area contributed by atoms with Gasteiger partial charge in [0.1, 0.15) is 0 Å². The van der Waals surface area contributed by atoms with E-state index in [1.54, 1.807) is 0 Å². The zero-order valence-electron chi connectivity index (χ0n) is 11.3. The molecule has 0 bridgehead atoms. The fourth-order valence-corrected chi connectivity index (χ4v) is 3.30. The van der Waals surface area contributed by atoms with Gasteiger partial charge < -0.3 is 5.32 Å². The second kappa shape index (κ2) is 6.73. The summed E-state index contributed by atoms with van der Waals surface area (Å²) in [4.78, 5) is 4.34. The second-order valence-corrected chi connectivity index (χ2v) is 6.47. The van der Waals surface area contributed by atoms with Crippen molar-refractivity contribution in [3.05, 3.63) is 74.4 Å². The van der Waals surface area contributed by atoms with Crippen molar-refractivity contribution in [1.29, 1.82) is 0 Å². The fourth-order valence-electron chi connectivity index (χ4n) is 2.24. The lowest BCUT2D eigenvalue weighted by molar-refractivity contribution is 0.692. The van der Waals surface area contributed by atoms with E-state index in [1.165, 1.54) is 20.1 Å². The molecule has 106 valence electrons. The Bertz CT molecular complexity index is 774. The van der Waals surface area contributed by atoms with E-state index >= 15 is 0 Å². The molecule has 0 saturated heterocycles. The van der Waals surface area contributed by atoms with E-state index < -0.39 is 0 Å². The molecule has 2 nitrogen and oxygen atoms in total. The number of benzene rings is 2. The van der Waals surface area contributed by atoms with E-state index in [9.17, 15) is 0 Å². The molecule has 0 fully saturated rings. The molecule has 2 aromatic carbocycles. The van der Waals surface area contributed by atoms with Crippen molar-refractivity contribution in [1.82, 2.24) is 10.3 Å². The van der Waals surface area contributed by atoms with Crippen molar-refractivity contribution in [2.24, 2.45) is 0 Å². The summed E-state index contributed by atoms with van der Waals surface area (Å²) in [5, 5.41) is 5.44. The van der Waals surface area contributed by atoms with Crippen LogP contribution in [0, 0.1) is 3.57 Å². The Morgan fingerprint density at radius 3 is 2.81 bits per heavy atom. The minimum Gasteiger partial charge on any atom is -0.309 e. The molecule has 21 heavy (non-hydrogen) atoms. The van der Waals surface area contributed by atoms with Crippen molar-refractivity contribution in [2.45, 2.75) is 13.1 Å². The van der Waals surface area contributed by atoms with Crippen LogP contribution in [0.2, 0.25) is 5.02 Å². The minimum absolute atomic E-state index is 0.783. The molecule has 0 spiro atoms. The highest BCUT2D eigenvalue weighted by atomic mass is 127. The number of nitrogens with one attached hydrogen (secondary N) is 1. The van der Waals surface area contributed by atoms with Gasteiger partial charge in [-0.15, -0.1) is 0 Å². The zero-order chi connectivity index (χ0) is 14.7. The van der Waals surface area contributed by atoms with Crippen molar-refractivity contribution in [3.63, 3.8) is 0 Å².